The molecule has 18 heavy (non-hydrogen) atoms. The number of halogens is 5. The molecule has 1 aromatic carbocycles. The third kappa shape index (κ3) is 2.69. The van der Waals surface area contributed by atoms with E-state index >= 15 is 0 Å². The zero-order chi connectivity index (χ0) is 13.9. The lowest BCUT2D eigenvalue weighted by atomic mass is 10.0. The number of hydrogen-bond acceptors (Lipinski definition) is 1. The van der Waals surface area contributed by atoms with E-state index in [1.165, 1.54) is 6.08 Å². The van der Waals surface area contributed by atoms with Crippen LogP contribution >= 0.6 is 0 Å². The Morgan fingerprint density at radius 3 is 1.83 bits per heavy atom. The van der Waals surface area contributed by atoms with Crippen LogP contribution in [0.25, 0.3) is 0 Å². The van der Waals surface area contributed by atoms with E-state index in [1.807, 2.05) is 0 Å². The van der Waals surface area contributed by atoms with Gasteiger partial charge in [-0.15, -0.1) is 6.58 Å². The van der Waals surface area contributed by atoms with E-state index in [-0.39, 0.29) is 6.42 Å². The molecule has 0 aliphatic rings. The van der Waals surface area contributed by atoms with Gasteiger partial charge >= 0.3 is 0 Å². The van der Waals surface area contributed by atoms with Crippen LogP contribution in [0.15, 0.2) is 12.7 Å². The molecule has 0 fully saturated rings. The summed E-state index contributed by atoms with van der Waals surface area (Å²) in [5, 5.41) is 9.48. The molecule has 1 unspecified atom stereocenters. The monoisotopic (exact) mass is 266 g/mol. The molecule has 0 spiro atoms. The summed E-state index contributed by atoms with van der Waals surface area (Å²) in [5.74, 6) is -10.3. The van der Waals surface area contributed by atoms with Crippen LogP contribution in [0.3, 0.4) is 0 Å². The maximum absolute atomic E-state index is 13.3. The van der Waals surface area contributed by atoms with Crippen molar-refractivity contribution < 1.29 is 27.1 Å². The second kappa shape index (κ2) is 5.95. The van der Waals surface area contributed by atoms with Crippen LogP contribution in [-0.4, -0.2) is 5.11 Å². The summed E-state index contributed by atoms with van der Waals surface area (Å²) in [5.41, 5.74) is -1.18. The Hall–Kier alpha value is -1.43. The van der Waals surface area contributed by atoms with Crippen LogP contribution in [0.2, 0.25) is 0 Å². The number of benzene rings is 1. The first-order chi connectivity index (χ1) is 8.41. The third-order valence-electron chi connectivity index (χ3n) is 2.46. The normalized spacial score (nSPS) is 12.6. The first-order valence-corrected chi connectivity index (χ1v) is 5.22. The molecule has 1 atom stereocenters. The highest BCUT2D eigenvalue weighted by molar-refractivity contribution is 5.26. The van der Waals surface area contributed by atoms with Gasteiger partial charge in [0, 0.05) is 0 Å². The van der Waals surface area contributed by atoms with Crippen LogP contribution in [0.1, 0.15) is 30.9 Å². The fourth-order valence-corrected chi connectivity index (χ4v) is 1.51. The molecule has 0 saturated heterocycles. The molecular formula is C12H11F5O. The van der Waals surface area contributed by atoms with Gasteiger partial charge in [0.1, 0.15) is 0 Å². The van der Waals surface area contributed by atoms with Crippen molar-refractivity contribution in [1.82, 2.24) is 0 Å². The molecule has 0 saturated carbocycles. The summed E-state index contributed by atoms with van der Waals surface area (Å²) in [6, 6.07) is 0. The van der Waals surface area contributed by atoms with E-state index in [0.29, 0.717) is 12.8 Å². The second-order valence-corrected chi connectivity index (χ2v) is 3.72. The fourth-order valence-electron chi connectivity index (χ4n) is 1.51. The number of rotatable bonds is 5. The van der Waals surface area contributed by atoms with E-state index in [1.54, 1.807) is 0 Å². The molecule has 100 valence electrons. The molecule has 0 radical (unpaired) electrons. The summed E-state index contributed by atoms with van der Waals surface area (Å²) in [7, 11) is 0. The first kappa shape index (κ1) is 14.6. The van der Waals surface area contributed by atoms with E-state index in [0.717, 1.165) is 0 Å². The highest BCUT2D eigenvalue weighted by atomic mass is 19.2. The molecule has 0 aliphatic heterocycles. The highest BCUT2D eigenvalue weighted by Crippen LogP contribution is 2.30. The molecule has 0 amide bonds. The van der Waals surface area contributed by atoms with Gasteiger partial charge < -0.3 is 5.11 Å². The Morgan fingerprint density at radius 2 is 1.39 bits per heavy atom. The van der Waals surface area contributed by atoms with Crippen molar-refractivity contribution in [2.75, 3.05) is 0 Å². The number of aliphatic hydroxyl groups is 1. The van der Waals surface area contributed by atoms with Gasteiger partial charge in [-0.2, -0.15) is 0 Å². The van der Waals surface area contributed by atoms with Crippen molar-refractivity contribution in [3.8, 4) is 0 Å². The minimum absolute atomic E-state index is 0.121. The predicted molar refractivity (Wildman–Crippen MR) is 55.2 cm³/mol. The Balaban J connectivity index is 3.12. The van der Waals surface area contributed by atoms with Crippen LogP contribution in [0.5, 0.6) is 0 Å². The quantitative estimate of drug-likeness (QED) is 0.283. The van der Waals surface area contributed by atoms with E-state index in [9.17, 15) is 27.1 Å². The predicted octanol–water partition coefficient (Wildman–Crippen LogP) is 3.77. The number of hydrogen-bond donors (Lipinski definition) is 1. The summed E-state index contributed by atoms with van der Waals surface area (Å²) in [6.45, 7) is 3.41. The molecule has 1 nitrogen and oxygen atoms in total. The van der Waals surface area contributed by atoms with Crippen molar-refractivity contribution in [3.63, 3.8) is 0 Å². The van der Waals surface area contributed by atoms with Gasteiger partial charge in [0.2, 0.25) is 5.82 Å². The van der Waals surface area contributed by atoms with Crippen LogP contribution in [0, 0.1) is 29.1 Å². The zero-order valence-corrected chi connectivity index (χ0v) is 9.32. The second-order valence-electron chi connectivity index (χ2n) is 3.72. The van der Waals surface area contributed by atoms with Gasteiger partial charge in [0.15, 0.2) is 23.3 Å². The van der Waals surface area contributed by atoms with Crippen LogP contribution < -0.4 is 0 Å². The molecular weight excluding hydrogens is 255 g/mol. The maximum Gasteiger partial charge on any atom is 0.200 e. The van der Waals surface area contributed by atoms with Crippen molar-refractivity contribution in [3.05, 3.63) is 47.3 Å². The Kier molecular flexibility index (Phi) is 4.84. The van der Waals surface area contributed by atoms with Gasteiger partial charge in [0.25, 0.3) is 0 Å². The number of aliphatic hydroxyl groups excluding tert-OH is 1. The van der Waals surface area contributed by atoms with Gasteiger partial charge in [-0.25, -0.2) is 22.0 Å². The standard InChI is InChI=1S/C12H11F5O/c1-2-3-4-5-6(18)7-8(13)10(15)12(17)11(16)9(7)14/h2,6,18H,1,3-5H2. The van der Waals surface area contributed by atoms with Gasteiger partial charge in [-0.3, -0.25) is 0 Å². The number of allylic oxidation sites excluding steroid dienone is 1. The van der Waals surface area contributed by atoms with Crippen molar-refractivity contribution >= 4 is 0 Å². The Labute approximate surface area is 101 Å². The summed E-state index contributed by atoms with van der Waals surface area (Å²) in [6.07, 6.45) is 0.446. The molecule has 1 aromatic rings. The van der Waals surface area contributed by atoms with E-state index in [2.05, 4.69) is 6.58 Å². The van der Waals surface area contributed by atoms with Crippen molar-refractivity contribution in [2.24, 2.45) is 0 Å². The minimum atomic E-state index is -2.23. The Bertz CT molecular complexity index is 429. The van der Waals surface area contributed by atoms with Gasteiger partial charge in [-0.1, -0.05) is 6.08 Å². The molecule has 1 N–H and O–H groups in total. The lowest BCUT2D eigenvalue weighted by molar-refractivity contribution is 0.151. The molecule has 0 bridgehead atoms. The number of unbranched alkanes of at least 4 members (excludes halogenated alkanes) is 1. The summed E-state index contributed by atoms with van der Waals surface area (Å²) >= 11 is 0. The van der Waals surface area contributed by atoms with Crippen molar-refractivity contribution in [1.29, 1.82) is 0 Å². The molecule has 0 aliphatic carbocycles. The van der Waals surface area contributed by atoms with E-state index in [4.69, 9.17) is 0 Å². The summed E-state index contributed by atoms with van der Waals surface area (Å²) < 4.78 is 65.0. The van der Waals surface area contributed by atoms with Crippen LogP contribution in [0.4, 0.5) is 22.0 Å². The molecule has 1 rings (SSSR count). The first-order valence-electron chi connectivity index (χ1n) is 5.22. The lowest BCUT2D eigenvalue weighted by Gasteiger charge is -2.13. The van der Waals surface area contributed by atoms with E-state index < -0.39 is 40.8 Å². The Morgan fingerprint density at radius 1 is 0.944 bits per heavy atom. The smallest absolute Gasteiger partial charge is 0.200 e. The van der Waals surface area contributed by atoms with Gasteiger partial charge in [-0.05, 0) is 19.3 Å². The third-order valence-corrected chi connectivity index (χ3v) is 2.46. The SMILES string of the molecule is C=CCCCC(O)c1c(F)c(F)c(F)c(F)c1F. The minimum Gasteiger partial charge on any atom is -0.388 e. The van der Waals surface area contributed by atoms with Crippen LogP contribution in [-0.2, 0) is 0 Å². The van der Waals surface area contributed by atoms with Gasteiger partial charge in [0.05, 0.1) is 11.7 Å². The average Bonchev–Trinajstić information content (AvgIpc) is 2.34. The lowest BCUT2D eigenvalue weighted by Crippen LogP contribution is -2.11. The summed E-state index contributed by atoms with van der Waals surface area (Å²) in [4.78, 5) is 0. The average molecular weight is 266 g/mol. The highest BCUT2D eigenvalue weighted by Gasteiger charge is 2.29. The molecule has 0 heterocycles. The zero-order valence-electron chi connectivity index (χ0n) is 9.32. The topological polar surface area (TPSA) is 20.2 Å². The molecule has 6 heteroatoms. The van der Waals surface area contributed by atoms with Crippen molar-refractivity contribution in [2.45, 2.75) is 25.4 Å². The fraction of sp³-hybridized carbons (Fsp3) is 0.333. The molecule has 0 aromatic heterocycles. The maximum atomic E-state index is 13.3. The largest absolute Gasteiger partial charge is 0.388 e.